The zero-order chi connectivity index (χ0) is 15.4. The predicted octanol–water partition coefficient (Wildman–Crippen LogP) is 0.419. The van der Waals surface area contributed by atoms with E-state index in [4.69, 9.17) is 5.14 Å². The standard InChI is InChI=1S/C12H20N2O4S2/c1-3-19(15,16)9-8-14-10(2)11-4-6-12(7-5-11)20(13,17)18/h4-7,10,14H,3,8-9H2,1-2H3,(H2,13,17,18). The van der Waals surface area contributed by atoms with Crippen LogP contribution in [0.25, 0.3) is 0 Å². The molecule has 0 aromatic heterocycles. The second kappa shape index (κ2) is 6.66. The fourth-order valence-corrected chi connectivity index (χ4v) is 2.87. The highest BCUT2D eigenvalue weighted by atomic mass is 32.2. The highest BCUT2D eigenvalue weighted by molar-refractivity contribution is 7.91. The van der Waals surface area contributed by atoms with Gasteiger partial charge in [0, 0.05) is 18.3 Å². The Morgan fingerprint density at radius 1 is 1.15 bits per heavy atom. The summed E-state index contributed by atoms with van der Waals surface area (Å²) in [4.78, 5) is 0.0574. The topological polar surface area (TPSA) is 106 Å². The Morgan fingerprint density at radius 3 is 2.15 bits per heavy atom. The third-order valence-electron chi connectivity index (χ3n) is 3.01. The SMILES string of the molecule is CCS(=O)(=O)CCNC(C)c1ccc(S(N)(=O)=O)cc1. The van der Waals surface area contributed by atoms with Gasteiger partial charge in [-0.25, -0.2) is 22.0 Å². The summed E-state index contributed by atoms with van der Waals surface area (Å²) in [7, 11) is -6.67. The lowest BCUT2D eigenvalue weighted by Gasteiger charge is -2.14. The molecule has 0 bridgehead atoms. The molecule has 0 aliphatic heterocycles. The van der Waals surface area contributed by atoms with Crippen LogP contribution in [-0.4, -0.2) is 34.9 Å². The van der Waals surface area contributed by atoms with Crippen molar-refractivity contribution in [1.29, 1.82) is 0 Å². The van der Waals surface area contributed by atoms with Crippen LogP contribution in [0.3, 0.4) is 0 Å². The first-order chi connectivity index (χ1) is 9.15. The maximum atomic E-state index is 11.4. The number of primary sulfonamides is 1. The monoisotopic (exact) mass is 320 g/mol. The van der Waals surface area contributed by atoms with Gasteiger partial charge in [-0.15, -0.1) is 0 Å². The van der Waals surface area contributed by atoms with Crippen molar-refractivity contribution >= 4 is 19.9 Å². The van der Waals surface area contributed by atoms with Crippen molar-refractivity contribution in [3.63, 3.8) is 0 Å². The second-order valence-electron chi connectivity index (χ2n) is 4.53. The van der Waals surface area contributed by atoms with E-state index >= 15 is 0 Å². The van der Waals surface area contributed by atoms with Crippen molar-refractivity contribution in [2.45, 2.75) is 24.8 Å². The van der Waals surface area contributed by atoms with Crippen LogP contribution < -0.4 is 10.5 Å². The van der Waals surface area contributed by atoms with Gasteiger partial charge >= 0.3 is 0 Å². The van der Waals surface area contributed by atoms with Gasteiger partial charge in [0.2, 0.25) is 10.0 Å². The van der Waals surface area contributed by atoms with E-state index < -0.39 is 19.9 Å². The Balaban J connectivity index is 2.63. The Hall–Kier alpha value is -0.960. The summed E-state index contributed by atoms with van der Waals surface area (Å²) in [5.41, 5.74) is 0.867. The van der Waals surface area contributed by atoms with E-state index in [9.17, 15) is 16.8 Å². The van der Waals surface area contributed by atoms with Crippen LogP contribution >= 0.6 is 0 Å². The van der Waals surface area contributed by atoms with E-state index in [1.807, 2.05) is 6.92 Å². The minimum atomic E-state index is -3.68. The molecule has 1 aromatic rings. The van der Waals surface area contributed by atoms with E-state index in [1.165, 1.54) is 12.1 Å². The van der Waals surface area contributed by atoms with Gasteiger partial charge in [0.25, 0.3) is 0 Å². The van der Waals surface area contributed by atoms with Gasteiger partial charge in [0.15, 0.2) is 9.84 Å². The molecule has 0 heterocycles. The van der Waals surface area contributed by atoms with E-state index in [1.54, 1.807) is 19.1 Å². The molecular formula is C12H20N2O4S2. The molecule has 0 aliphatic carbocycles. The molecule has 8 heteroatoms. The van der Waals surface area contributed by atoms with Gasteiger partial charge in [0.05, 0.1) is 10.6 Å². The summed E-state index contributed by atoms with van der Waals surface area (Å²) < 4.78 is 45.0. The zero-order valence-electron chi connectivity index (χ0n) is 11.5. The Morgan fingerprint density at radius 2 is 1.70 bits per heavy atom. The minimum absolute atomic E-state index is 0.0574. The van der Waals surface area contributed by atoms with Crippen LogP contribution in [0.5, 0.6) is 0 Å². The lowest BCUT2D eigenvalue weighted by molar-refractivity contribution is 0.572. The molecular weight excluding hydrogens is 300 g/mol. The molecule has 1 rings (SSSR count). The maximum absolute atomic E-state index is 11.4. The summed E-state index contributed by atoms with van der Waals surface area (Å²) in [5.74, 6) is 0.217. The molecule has 3 N–H and O–H groups in total. The normalized spacial score (nSPS) is 14.2. The number of nitrogens with two attached hydrogens (primary N) is 1. The minimum Gasteiger partial charge on any atom is -0.309 e. The van der Waals surface area contributed by atoms with Crippen molar-refractivity contribution in [2.24, 2.45) is 5.14 Å². The smallest absolute Gasteiger partial charge is 0.238 e. The first kappa shape index (κ1) is 17.1. The number of benzene rings is 1. The Labute approximate surface area is 120 Å². The lowest BCUT2D eigenvalue weighted by Crippen LogP contribution is -2.26. The van der Waals surface area contributed by atoms with Crippen LogP contribution in [0, 0.1) is 0 Å². The summed E-state index contributed by atoms with van der Waals surface area (Å²) in [6.07, 6.45) is 0. The Kier molecular flexibility index (Phi) is 5.69. The van der Waals surface area contributed by atoms with E-state index in [0.29, 0.717) is 6.54 Å². The van der Waals surface area contributed by atoms with Crippen molar-refractivity contribution in [2.75, 3.05) is 18.1 Å². The second-order valence-corrected chi connectivity index (χ2v) is 8.56. The maximum Gasteiger partial charge on any atom is 0.238 e. The number of rotatable bonds is 7. The molecule has 0 saturated carbocycles. The highest BCUT2D eigenvalue weighted by Gasteiger charge is 2.11. The number of sulfonamides is 1. The van der Waals surface area contributed by atoms with E-state index in [2.05, 4.69) is 5.32 Å². The molecule has 0 amide bonds. The molecule has 0 aliphatic rings. The number of hydrogen-bond donors (Lipinski definition) is 2. The van der Waals surface area contributed by atoms with Crippen LogP contribution in [-0.2, 0) is 19.9 Å². The van der Waals surface area contributed by atoms with Gasteiger partial charge < -0.3 is 5.32 Å². The molecule has 0 radical (unpaired) electrons. The van der Waals surface area contributed by atoms with E-state index in [-0.39, 0.29) is 22.4 Å². The van der Waals surface area contributed by atoms with Crippen LogP contribution in [0.1, 0.15) is 25.5 Å². The highest BCUT2D eigenvalue weighted by Crippen LogP contribution is 2.15. The van der Waals surface area contributed by atoms with Crippen LogP contribution in [0.2, 0.25) is 0 Å². The average molecular weight is 320 g/mol. The number of sulfone groups is 1. The van der Waals surface area contributed by atoms with Crippen molar-refractivity contribution in [3.05, 3.63) is 29.8 Å². The van der Waals surface area contributed by atoms with Crippen LogP contribution in [0.15, 0.2) is 29.2 Å². The molecule has 0 spiro atoms. The van der Waals surface area contributed by atoms with Gasteiger partial charge in [-0.1, -0.05) is 19.1 Å². The van der Waals surface area contributed by atoms with Crippen molar-refractivity contribution in [3.8, 4) is 0 Å². The van der Waals surface area contributed by atoms with Gasteiger partial charge in [-0.05, 0) is 24.6 Å². The first-order valence-corrected chi connectivity index (χ1v) is 9.59. The average Bonchev–Trinajstić information content (AvgIpc) is 2.37. The molecule has 20 heavy (non-hydrogen) atoms. The molecule has 0 saturated heterocycles. The summed E-state index contributed by atoms with van der Waals surface area (Å²) in [6, 6.07) is 6.12. The molecule has 6 nitrogen and oxygen atoms in total. The first-order valence-electron chi connectivity index (χ1n) is 6.22. The fourth-order valence-electron chi connectivity index (χ4n) is 1.64. The van der Waals surface area contributed by atoms with Gasteiger partial charge in [-0.3, -0.25) is 0 Å². The largest absolute Gasteiger partial charge is 0.309 e. The summed E-state index contributed by atoms with van der Waals surface area (Å²) in [5, 5.41) is 8.10. The third-order valence-corrected chi connectivity index (χ3v) is 5.65. The van der Waals surface area contributed by atoms with Gasteiger partial charge in [0.1, 0.15) is 0 Å². The number of nitrogens with one attached hydrogen (secondary N) is 1. The predicted molar refractivity (Wildman–Crippen MR) is 78.6 cm³/mol. The van der Waals surface area contributed by atoms with Gasteiger partial charge in [-0.2, -0.15) is 0 Å². The lowest BCUT2D eigenvalue weighted by atomic mass is 10.1. The molecule has 1 atom stereocenters. The fraction of sp³-hybridized carbons (Fsp3) is 0.500. The third kappa shape index (κ3) is 5.20. The van der Waals surface area contributed by atoms with Crippen molar-refractivity contribution < 1.29 is 16.8 Å². The van der Waals surface area contributed by atoms with Crippen LogP contribution in [0.4, 0.5) is 0 Å². The molecule has 1 aromatic carbocycles. The quantitative estimate of drug-likeness (QED) is 0.757. The zero-order valence-corrected chi connectivity index (χ0v) is 13.2. The Bertz CT molecular complexity index is 637. The summed E-state index contributed by atoms with van der Waals surface area (Å²) >= 11 is 0. The summed E-state index contributed by atoms with van der Waals surface area (Å²) in [6.45, 7) is 3.85. The number of hydrogen-bond acceptors (Lipinski definition) is 5. The molecule has 114 valence electrons. The van der Waals surface area contributed by atoms with E-state index in [0.717, 1.165) is 5.56 Å². The molecule has 0 fully saturated rings. The van der Waals surface area contributed by atoms with Crippen molar-refractivity contribution in [1.82, 2.24) is 5.32 Å². The molecule has 1 unspecified atom stereocenters.